The third-order valence-electron chi connectivity index (χ3n) is 2.97. The molecule has 0 unspecified atom stereocenters. The van der Waals surface area contributed by atoms with Crippen molar-refractivity contribution >= 4 is 0 Å². The van der Waals surface area contributed by atoms with Gasteiger partial charge in [-0.3, -0.25) is 0 Å². The Morgan fingerprint density at radius 3 is 2.17 bits per heavy atom. The summed E-state index contributed by atoms with van der Waals surface area (Å²) in [7, 11) is 0. The zero-order valence-electron chi connectivity index (χ0n) is 8.21. The SMILES string of the molecule is CC(C)(O)[C@@H](N)C1CCCCC1. The molecule has 0 amide bonds. The Kier molecular flexibility index (Phi) is 3.13. The molecule has 1 fully saturated rings. The van der Waals surface area contributed by atoms with Crippen LogP contribution in [0.1, 0.15) is 46.0 Å². The second kappa shape index (κ2) is 3.75. The van der Waals surface area contributed by atoms with Crippen LogP contribution >= 0.6 is 0 Å². The van der Waals surface area contributed by atoms with Gasteiger partial charge in [-0.2, -0.15) is 0 Å². The van der Waals surface area contributed by atoms with Gasteiger partial charge in [-0.25, -0.2) is 0 Å². The summed E-state index contributed by atoms with van der Waals surface area (Å²) in [6.07, 6.45) is 6.31. The summed E-state index contributed by atoms with van der Waals surface area (Å²) < 4.78 is 0. The molecular weight excluding hydrogens is 150 g/mol. The lowest BCUT2D eigenvalue weighted by molar-refractivity contribution is 0.0229. The zero-order valence-corrected chi connectivity index (χ0v) is 8.21. The third kappa shape index (κ3) is 2.46. The average molecular weight is 171 g/mol. The minimum Gasteiger partial charge on any atom is -0.389 e. The third-order valence-corrected chi connectivity index (χ3v) is 2.97. The molecular formula is C10H21NO. The minimum absolute atomic E-state index is 0.0437. The van der Waals surface area contributed by atoms with Crippen molar-refractivity contribution in [1.82, 2.24) is 0 Å². The van der Waals surface area contributed by atoms with Crippen LogP contribution in [0, 0.1) is 5.92 Å². The number of nitrogens with two attached hydrogens (primary N) is 1. The Bertz CT molecular complexity index is 133. The van der Waals surface area contributed by atoms with Crippen LogP contribution < -0.4 is 5.73 Å². The van der Waals surface area contributed by atoms with E-state index in [-0.39, 0.29) is 6.04 Å². The molecule has 0 spiro atoms. The van der Waals surface area contributed by atoms with Gasteiger partial charge in [-0.05, 0) is 32.6 Å². The molecule has 1 atom stereocenters. The van der Waals surface area contributed by atoms with Crippen LogP contribution in [-0.2, 0) is 0 Å². The van der Waals surface area contributed by atoms with E-state index in [1.807, 2.05) is 13.8 Å². The Hall–Kier alpha value is -0.0800. The van der Waals surface area contributed by atoms with Crippen molar-refractivity contribution in [3.05, 3.63) is 0 Å². The number of hydrogen-bond donors (Lipinski definition) is 2. The average Bonchev–Trinajstić information content (AvgIpc) is 2.03. The highest BCUT2D eigenvalue weighted by Gasteiger charge is 2.31. The van der Waals surface area contributed by atoms with E-state index in [1.165, 1.54) is 32.1 Å². The molecule has 0 aromatic carbocycles. The maximum Gasteiger partial charge on any atom is 0.0744 e. The van der Waals surface area contributed by atoms with Crippen molar-refractivity contribution in [2.45, 2.75) is 57.6 Å². The highest BCUT2D eigenvalue weighted by Crippen LogP contribution is 2.29. The van der Waals surface area contributed by atoms with Crippen LogP contribution in [0.15, 0.2) is 0 Å². The molecule has 0 aliphatic heterocycles. The molecule has 1 aliphatic carbocycles. The van der Waals surface area contributed by atoms with Crippen LogP contribution in [-0.4, -0.2) is 16.7 Å². The van der Waals surface area contributed by atoms with Crippen LogP contribution in [0.25, 0.3) is 0 Å². The van der Waals surface area contributed by atoms with Gasteiger partial charge >= 0.3 is 0 Å². The van der Waals surface area contributed by atoms with Crippen molar-refractivity contribution in [2.75, 3.05) is 0 Å². The van der Waals surface area contributed by atoms with Crippen molar-refractivity contribution in [2.24, 2.45) is 11.7 Å². The van der Waals surface area contributed by atoms with Gasteiger partial charge in [0, 0.05) is 6.04 Å². The van der Waals surface area contributed by atoms with Crippen molar-refractivity contribution < 1.29 is 5.11 Å². The van der Waals surface area contributed by atoms with Crippen LogP contribution in [0.5, 0.6) is 0 Å². The fourth-order valence-corrected chi connectivity index (χ4v) is 2.07. The Morgan fingerprint density at radius 1 is 1.25 bits per heavy atom. The second-order valence-corrected chi connectivity index (χ2v) is 4.58. The molecule has 2 nitrogen and oxygen atoms in total. The monoisotopic (exact) mass is 171 g/mol. The molecule has 12 heavy (non-hydrogen) atoms. The fourth-order valence-electron chi connectivity index (χ4n) is 2.07. The topological polar surface area (TPSA) is 46.2 Å². The zero-order chi connectivity index (χ0) is 9.19. The highest BCUT2D eigenvalue weighted by molar-refractivity contribution is 4.87. The smallest absolute Gasteiger partial charge is 0.0744 e. The standard InChI is InChI=1S/C10H21NO/c1-10(2,12)9(11)8-6-4-3-5-7-8/h8-9,12H,3-7,11H2,1-2H3/t9-/m0/s1. The van der Waals surface area contributed by atoms with E-state index >= 15 is 0 Å². The summed E-state index contributed by atoms with van der Waals surface area (Å²) in [5, 5.41) is 9.71. The number of aliphatic hydroxyl groups is 1. The minimum atomic E-state index is -0.706. The first-order valence-corrected chi connectivity index (χ1v) is 5.00. The molecule has 0 bridgehead atoms. The van der Waals surface area contributed by atoms with Crippen molar-refractivity contribution in [3.8, 4) is 0 Å². The molecule has 3 N–H and O–H groups in total. The largest absolute Gasteiger partial charge is 0.389 e. The number of hydrogen-bond acceptors (Lipinski definition) is 2. The molecule has 72 valence electrons. The van der Waals surface area contributed by atoms with E-state index in [0.717, 1.165) is 0 Å². The maximum absolute atomic E-state index is 9.71. The fraction of sp³-hybridized carbons (Fsp3) is 1.00. The summed E-state index contributed by atoms with van der Waals surface area (Å²) in [5.74, 6) is 0.541. The van der Waals surface area contributed by atoms with E-state index in [0.29, 0.717) is 5.92 Å². The van der Waals surface area contributed by atoms with E-state index in [9.17, 15) is 5.11 Å². The van der Waals surface area contributed by atoms with Crippen molar-refractivity contribution in [3.63, 3.8) is 0 Å². The van der Waals surface area contributed by atoms with Gasteiger partial charge in [-0.1, -0.05) is 19.3 Å². The van der Waals surface area contributed by atoms with Crippen LogP contribution in [0.2, 0.25) is 0 Å². The first-order chi connectivity index (χ1) is 5.52. The highest BCUT2D eigenvalue weighted by atomic mass is 16.3. The first kappa shape index (κ1) is 10.0. The quantitative estimate of drug-likeness (QED) is 0.664. The second-order valence-electron chi connectivity index (χ2n) is 4.58. The normalized spacial score (nSPS) is 24.0. The predicted molar refractivity (Wildman–Crippen MR) is 50.8 cm³/mol. The van der Waals surface area contributed by atoms with Gasteiger partial charge in [0.15, 0.2) is 0 Å². The summed E-state index contributed by atoms with van der Waals surface area (Å²) in [4.78, 5) is 0. The van der Waals surface area contributed by atoms with E-state index < -0.39 is 5.60 Å². The molecule has 0 saturated heterocycles. The van der Waals surface area contributed by atoms with Gasteiger partial charge in [0.25, 0.3) is 0 Å². The summed E-state index contributed by atoms with van der Waals surface area (Å²) >= 11 is 0. The van der Waals surface area contributed by atoms with Gasteiger partial charge in [-0.15, -0.1) is 0 Å². The van der Waals surface area contributed by atoms with Gasteiger partial charge in [0.2, 0.25) is 0 Å². The van der Waals surface area contributed by atoms with E-state index in [4.69, 9.17) is 5.73 Å². The lowest BCUT2D eigenvalue weighted by atomic mass is 9.78. The lowest BCUT2D eigenvalue weighted by Crippen LogP contribution is -2.48. The Morgan fingerprint density at radius 2 is 1.75 bits per heavy atom. The maximum atomic E-state index is 9.71. The van der Waals surface area contributed by atoms with E-state index in [1.54, 1.807) is 0 Å². The Balaban J connectivity index is 2.45. The predicted octanol–water partition coefficient (Wildman–Crippen LogP) is 1.66. The van der Waals surface area contributed by atoms with Crippen LogP contribution in [0.3, 0.4) is 0 Å². The van der Waals surface area contributed by atoms with Gasteiger partial charge in [0.1, 0.15) is 0 Å². The first-order valence-electron chi connectivity index (χ1n) is 5.00. The molecule has 0 aromatic heterocycles. The van der Waals surface area contributed by atoms with E-state index in [2.05, 4.69) is 0 Å². The number of rotatable bonds is 2. The van der Waals surface area contributed by atoms with Gasteiger partial charge < -0.3 is 10.8 Å². The molecule has 0 heterocycles. The lowest BCUT2D eigenvalue weighted by Gasteiger charge is -2.35. The van der Waals surface area contributed by atoms with Crippen LogP contribution in [0.4, 0.5) is 0 Å². The molecule has 0 radical (unpaired) electrons. The Labute approximate surface area is 75.2 Å². The molecule has 2 heteroatoms. The summed E-state index contributed by atoms with van der Waals surface area (Å²) in [6.45, 7) is 3.62. The molecule has 1 aliphatic rings. The summed E-state index contributed by atoms with van der Waals surface area (Å²) in [5.41, 5.74) is 5.27. The molecule has 1 saturated carbocycles. The molecule has 0 aromatic rings. The molecule has 1 rings (SSSR count). The van der Waals surface area contributed by atoms with Gasteiger partial charge in [0.05, 0.1) is 5.60 Å². The summed E-state index contributed by atoms with van der Waals surface area (Å²) in [6, 6.07) is -0.0437. The van der Waals surface area contributed by atoms with Crippen molar-refractivity contribution in [1.29, 1.82) is 0 Å².